The van der Waals surface area contributed by atoms with Gasteiger partial charge in [-0.2, -0.15) is 9.61 Å². The van der Waals surface area contributed by atoms with Crippen molar-refractivity contribution in [2.45, 2.75) is 44.6 Å². The predicted octanol–water partition coefficient (Wildman–Crippen LogP) is 1.18. The van der Waals surface area contributed by atoms with E-state index in [-0.39, 0.29) is 24.1 Å². The standard InChI is InChI=1S/C23H27N7O3/c31-20-11-15(23(33)27-20)10-16-13-24-30-19(25-17-3-4-17)12-18(26-22(16)30)28-5-7-29(8-6-28)21(32)9-14-1-2-14/h10,12-14,17,25H,1-9,11H2,(H,27,31,33)/b15-10+. The minimum atomic E-state index is -0.362. The normalized spacial score (nSPS) is 22.4. The largest absolute Gasteiger partial charge is 0.367 e. The summed E-state index contributed by atoms with van der Waals surface area (Å²) in [5, 5.41) is 10.3. The van der Waals surface area contributed by atoms with E-state index in [4.69, 9.17) is 4.98 Å². The molecule has 10 heteroatoms. The Hall–Kier alpha value is -3.43. The number of rotatable bonds is 6. The van der Waals surface area contributed by atoms with Gasteiger partial charge in [0.15, 0.2) is 5.65 Å². The molecular weight excluding hydrogens is 422 g/mol. The number of carbonyl (C=O) groups is 3. The van der Waals surface area contributed by atoms with Crippen molar-refractivity contribution in [1.29, 1.82) is 0 Å². The van der Waals surface area contributed by atoms with Crippen LogP contribution in [0.3, 0.4) is 0 Å². The van der Waals surface area contributed by atoms with E-state index in [9.17, 15) is 14.4 Å². The Balaban J connectivity index is 1.28. The van der Waals surface area contributed by atoms with Crippen LogP contribution in [0, 0.1) is 5.92 Å². The van der Waals surface area contributed by atoms with E-state index in [1.54, 1.807) is 16.8 Å². The molecule has 0 bridgehead atoms. The quantitative estimate of drug-likeness (QED) is 0.503. The molecule has 172 valence electrons. The third-order valence-corrected chi connectivity index (χ3v) is 6.76. The molecule has 2 N–H and O–H groups in total. The fourth-order valence-corrected chi connectivity index (χ4v) is 4.46. The lowest BCUT2D eigenvalue weighted by Gasteiger charge is -2.35. The van der Waals surface area contributed by atoms with Crippen LogP contribution in [-0.4, -0.2) is 69.4 Å². The zero-order valence-corrected chi connectivity index (χ0v) is 18.4. The van der Waals surface area contributed by atoms with Crippen molar-refractivity contribution in [3.8, 4) is 0 Å². The van der Waals surface area contributed by atoms with E-state index in [1.165, 1.54) is 12.8 Å². The number of anilines is 2. The molecule has 6 rings (SSSR count). The van der Waals surface area contributed by atoms with E-state index in [0.29, 0.717) is 48.3 Å². The Morgan fingerprint density at radius 3 is 2.61 bits per heavy atom. The second kappa shape index (κ2) is 7.86. The molecule has 2 aliphatic carbocycles. The smallest absolute Gasteiger partial charge is 0.254 e. The van der Waals surface area contributed by atoms with Crippen LogP contribution in [0.25, 0.3) is 11.7 Å². The summed E-state index contributed by atoms with van der Waals surface area (Å²) in [5.41, 5.74) is 1.76. The maximum absolute atomic E-state index is 12.5. The lowest BCUT2D eigenvalue weighted by atomic mass is 10.1. The number of fused-ring (bicyclic) bond motifs is 1. The van der Waals surface area contributed by atoms with E-state index in [1.807, 2.05) is 11.0 Å². The lowest BCUT2D eigenvalue weighted by molar-refractivity contribution is -0.132. The third kappa shape index (κ3) is 4.17. The minimum Gasteiger partial charge on any atom is -0.367 e. The second-order valence-electron chi connectivity index (χ2n) is 9.49. The van der Waals surface area contributed by atoms with Gasteiger partial charge < -0.3 is 15.1 Å². The van der Waals surface area contributed by atoms with E-state index in [2.05, 4.69) is 20.6 Å². The predicted molar refractivity (Wildman–Crippen MR) is 122 cm³/mol. The number of amides is 3. The van der Waals surface area contributed by atoms with Gasteiger partial charge >= 0.3 is 0 Å². The summed E-state index contributed by atoms with van der Waals surface area (Å²) in [6.45, 7) is 2.85. The summed E-state index contributed by atoms with van der Waals surface area (Å²) in [7, 11) is 0. The molecule has 4 heterocycles. The number of nitrogens with one attached hydrogen (secondary N) is 2. The Kier molecular flexibility index (Phi) is 4.81. The molecule has 0 atom stereocenters. The van der Waals surface area contributed by atoms with E-state index in [0.717, 1.165) is 37.6 Å². The summed E-state index contributed by atoms with van der Waals surface area (Å²) in [6, 6.07) is 2.45. The molecule has 2 aromatic rings. The van der Waals surface area contributed by atoms with Crippen LogP contribution >= 0.6 is 0 Å². The van der Waals surface area contributed by atoms with Gasteiger partial charge in [-0.3, -0.25) is 19.7 Å². The first-order valence-corrected chi connectivity index (χ1v) is 11.8. The molecule has 10 nitrogen and oxygen atoms in total. The average molecular weight is 450 g/mol. The molecule has 0 unspecified atom stereocenters. The Bertz CT molecular complexity index is 1170. The van der Waals surface area contributed by atoms with Crippen LogP contribution in [0.15, 0.2) is 17.8 Å². The third-order valence-electron chi connectivity index (χ3n) is 6.76. The SMILES string of the molecule is O=C1C/C(=C\c2cnn3c(NC4CC4)cc(N4CCN(C(=O)CC5CC5)CC4)nc23)C(=O)N1. The summed E-state index contributed by atoms with van der Waals surface area (Å²) in [6.07, 6.45) is 8.76. The Morgan fingerprint density at radius 2 is 1.94 bits per heavy atom. The first-order valence-electron chi connectivity index (χ1n) is 11.8. The minimum absolute atomic E-state index is 0.0693. The van der Waals surface area contributed by atoms with Gasteiger partial charge in [0, 0.05) is 55.8 Å². The molecule has 0 radical (unpaired) electrons. The molecule has 0 spiro atoms. The zero-order valence-electron chi connectivity index (χ0n) is 18.4. The van der Waals surface area contributed by atoms with E-state index >= 15 is 0 Å². The van der Waals surface area contributed by atoms with Crippen LogP contribution in [0.2, 0.25) is 0 Å². The molecule has 4 fully saturated rings. The van der Waals surface area contributed by atoms with Gasteiger partial charge in [-0.05, 0) is 37.7 Å². The fourth-order valence-electron chi connectivity index (χ4n) is 4.46. The first-order chi connectivity index (χ1) is 16.0. The summed E-state index contributed by atoms with van der Waals surface area (Å²) >= 11 is 0. The zero-order chi connectivity index (χ0) is 22.5. The Labute approximate surface area is 191 Å². The van der Waals surface area contributed by atoms with Gasteiger partial charge in [0.05, 0.1) is 12.6 Å². The van der Waals surface area contributed by atoms with Gasteiger partial charge in [0.25, 0.3) is 5.91 Å². The second-order valence-corrected chi connectivity index (χ2v) is 9.49. The van der Waals surface area contributed by atoms with Crippen LogP contribution in [0.1, 0.15) is 44.1 Å². The number of imide groups is 1. The highest BCUT2D eigenvalue weighted by atomic mass is 16.2. The van der Waals surface area contributed by atoms with Crippen molar-refractivity contribution in [1.82, 2.24) is 24.8 Å². The summed E-state index contributed by atoms with van der Waals surface area (Å²) in [4.78, 5) is 45.2. The molecule has 3 amide bonds. The van der Waals surface area contributed by atoms with Crippen molar-refractivity contribution in [3.63, 3.8) is 0 Å². The number of carbonyl (C=O) groups excluding carboxylic acids is 3. The molecule has 2 saturated heterocycles. The monoisotopic (exact) mass is 449 g/mol. The summed E-state index contributed by atoms with van der Waals surface area (Å²) < 4.78 is 1.76. The van der Waals surface area contributed by atoms with E-state index < -0.39 is 0 Å². The van der Waals surface area contributed by atoms with Crippen LogP contribution in [0.4, 0.5) is 11.6 Å². The lowest BCUT2D eigenvalue weighted by Crippen LogP contribution is -2.49. The number of hydrogen-bond donors (Lipinski definition) is 2. The van der Waals surface area contributed by atoms with Crippen LogP contribution in [0.5, 0.6) is 0 Å². The highest BCUT2D eigenvalue weighted by molar-refractivity contribution is 6.15. The molecular formula is C23H27N7O3. The van der Waals surface area contributed by atoms with Gasteiger partial charge in [0.1, 0.15) is 11.6 Å². The number of aromatic nitrogens is 3. The van der Waals surface area contributed by atoms with Crippen molar-refractivity contribution in [2.75, 3.05) is 36.4 Å². The Morgan fingerprint density at radius 1 is 1.15 bits per heavy atom. The van der Waals surface area contributed by atoms with Crippen LogP contribution < -0.4 is 15.5 Å². The molecule has 2 aliphatic heterocycles. The first kappa shape index (κ1) is 20.2. The van der Waals surface area contributed by atoms with Gasteiger partial charge in [-0.15, -0.1) is 0 Å². The molecule has 33 heavy (non-hydrogen) atoms. The molecule has 2 aromatic heterocycles. The van der Waals surface area contributed by atoms with Gasteiger partial charge in [-0.1, -0.05) is 0 Å². The maximum atomic E-state index is 12.5. The average Bonchev–Trinajstić information content (AvgIpc) is 3.73. The van der Waals surface area contributed by atoms with Crippen LogP contribution in [-0.2, 0) is 14.4 Å². The maximum Gasteiger partial charge on any atom is 0.254 e. The molecule has 2 saturated carbocycles. The number of nitrogens with zero attached hydrogens (tertiary/aromatic N) is 5. The molecule has 4 aliphatic rings. The number of hydrogen-bond acceptors (Lipinski definition) is 7. The molecule has 0 aromatic carbocycles. The highest BCUT2D eigenvalue weighted by Crippen LogP contribution is 2.33. The number of piperazine rings is 1. The van der Waals surface area contributed by atoms with Crippen molar-refractivity contribution in [3.05, 3.63) is 23.4 Å². The summed E-state index contributed by atoms with van der Waals surface area (Å²) in [5.74, 6) is 1.90. The van der Waals surface area contributed by atoms with Crippen molar-refractivity contribution >= 4 is 41.1 Å². The van der Waals surface area contributed by atoms with Crippen molar-refractivity contribution in [2.24, 2.45) is 5.92 Å². The van der Waals surface area contributed by atoms with Crippen molar-refractivity contribution < 1.29 is 14.4 Å². The van der Waals surface area contributed by atoms with Gasteiger partial charge in [-0.25, -0.2) is 4.98 Å². The highest BCUT2D eigenvalue weighted by Gasteiger charge is 2.30. The fraction of sp³-hybridized carbons (Fsp3) is 0.522. The van der Waals surface area contributed by atoms with Gasteiger partial charge in [0.2, 0.25) is 11.8 Å². The topological polar surface area (TPSA) is 112 Å².